The van der Waals surface area contributed by atoms with Crippen molar-refractivity contribution in [1.82, 2.24) is 5.32 Å². The zero-order chi connectivity index (χ0) is 13.0. The molecule has 0 unspecified atom stereocenters. The average molecular weight is 275 g/mol. The number of ether oxygens (including phenoxy) is 2. The molecule has 2 rings (SSSR count). The summed E-state index contributed by atoms with van der Waals surface area (Å²) in [5, 5.41) is 2.72. The van der Waals surface area contributed by atoms with Gasteiger partial charge in [-0.25, -0.2) is 8.78 Å². The van der Waals surface area contributed by atoms with E-state index >= 15 is 0 Å². The van der Waals surface area contributed by atoms with Crippen LogP contribution in [-0.2, 0) is 6.54 Å². The Bertz CT molecular complexity index is 415. The molecule has 0 aromatic heterocycles. The summed E-state index contributed by atoms with van der Waals surface area (Å²) >= 11 is 1.56. The van der Waals surface area contributed by atoms with Crippen LogP contribution in [0.3, 0.4) is 0 Å². The van der Waals surface area contributed by atoms with Crippen molar-refractivity contribution in [3.05, 3.63) is 17.7 Å². The van der Waals surface area contributed by atoms with Crippen molar-refractivity contribution in [2.24, 2.45) is 0 Å². The lowest BCUT2D eigenvalue weighted by Gasteiger charge is -2.20. The summed E-state index contributed by atoms with van der Waals surface area (Å²) in [7, 11) is 0. The molecule has 3 nitrogen and oxygen atoms in total. The molecule has 100 valence electrons. The Hall–Kier alpha value is -1.01. The van der Waals surface area contributed by atoms with Crippen LogP contribution in [0.15, 0.2) is 17.0 Å². The first-order valence-electron chi connectivity index (χ1n) is 5.66. The van der Waals surface area contributed by atoms with E-state index in [-0.39, 0.29) is 6.54 Å². The van der Waals surface area contributed by atoms with Gasteiger partial charge in [0.15, 0.2) is 11.5 Å². The van der Waals surface area contributed by atoms with Gasteiger partial charge in [0.25, 0.3) is 6.43 Å². The maximum atomic E-state index is 12.1. The summed E-state index contributed by atoms with van der Waals surface area (Å²) in [6.07, 6.45) is -0.387. The lowest BCUT2D eigenvalue weighted by molar-refractivity contribution is 0.145. The van der Waals surface area contributed by atoms with Crippen LogP contribution in [0.1, 0.15) is 5.56 Å². The number of thioether (sulfide) groups is 1. The first-order valence-corrected chi connectivity index (χ1v) is 6.88. The van der Waals surface area contributed by atoms with E-state index in [4.69, 9.17) is 9.47 Å². The van der Waals surface area contributed by atoms with Gasteiger partial charge in [-0.05, 0) is 24.0 Å². The summed E-state index contributed by atoms with van der Waals surface area (Å²) in [5.74, 6) is 1.41. The van der Waals surface area contributed by atoms with Crippen LogP contribution in [0.2, 0.25) is 0 Å². The minimum atomic E-state index is -2.33. The number of rotatable bonds is 5. The van der Waals surface area contributed by atoms with Gasteiger partial charge in [-0.3, -0.25) is 0 Å². The second-order valence-electron chi connectivity index (χ2n) is 3.83. The standard InChI is InChI=1S/C12H15F2NO2S/c1-18-11-5-10-9(16-2-3-17-10)4-8(11)6-15-7-12(13)14/h4-5,12,15H,2-3,6-7H2,1H3. The van der Waals surface area contributed by atoms with Crippen molar-refractivity contribution in [2.75, 3.05) is 26.0 Å². The smallest absolute Gasteiger partial charge is 0.250 e. The highest BCUT2D eigenvalue weighted by Gasteiger charge is 2.15. The van der Waals surface area contributed by atoms with Crippen molar-refractivity contribution in [2.45, 2.75) is 17.9 Å². The van der Waals surface area contributed by atoms with E-state index in [1.807, 2.05) is 18.4 Å². The van der Waals surface area contributed by atoms with Crippen LogP contribution < -0.4 is 14.8 Å². The van der Waals surface area contributed by atoms with Crippen molar-refractivity contribution in [1.29, 1.82) is 0 Å². The van der Waals surface area contributed by atoms with Gasteiger partial charge in [0.05, 0.1) is 6.54 Å². The van der Waals surface area contributed by atoms with Crippen LogP contribution in [-0.4, -0.2) is 32.4 Å². The molecular formula is C12H15F2NO2S. The third-order valence-corrected chi connectivity index (χ3v) is 3.38. The molecule has 0 fully saturated rings. The molecule has 0 saturated heterocycles. The molecule has 1 aliphatic rings. The minimum absolute atomic E-state index is 0.303. The molecular weight excluding hydrogens is 260 g/mol. The summed E-state index contributed by atoms with van der Waals surface area (Å²) in [6, 6.07) is 3.76. The molecule has 1 aliphatic heterocycles. The average Bonchev–Trinajstić information content (AvgIpc) is 2.37. The van der Waals surface area contributed by atoms with Gasteiger partial charge < -0.3 is 14.8 Å². The number of hydrogen-bond acceptors (Lipinski definition) is 4. The molecule has 1 aromatic carbocycles. The molecule has 0 aliphatic carbocycles. The highest BCUT2D eigenvalue weighted by molar-refractivity contribution is 7.98. The number of nitrogens with one attached hydrogen (secondary N) is 1. The zero-order valence-electron chi connectivity index (χ0n) is 10.0. The van der Waals surface area contributed by atoms with Gasteiger partial charge >= 0.3 is 0 Å². The Morgan fingerprint density at radius 2 is 1.94 bits per heavy atom. The third kappa shape index (κ3) is 3.26. The number of benzene rings is 1. The van der Waals surface area contributed by atoms with Gasteiger partial charge in [0.2, 0.25) is 0 Å². The summed E-state index contributed by atoms with van der Waals surface area (Å²) in [5.41, 5.74) is 0.951. The normalized spacial score (nSPS) is 14.0. The van der Waals surface area contributed by atoms with Crippen molar-refractivity contribution < 1.29 is 18.3 Å². The highest BCUT2D eigenvalue weighted by atomic mass is 32.2. The Kier molecular flexibility index (Phi) is 4.66. The molecule has 0 amide bonds. The number of fused-ring (bicyclic) bond motifs is 1. The van der Waals surface area contributed by atoms with Crippen LogP contribution in [0, 0.1) is 0 Å². The number of alkyl halides is 2. The minimum Gasteiger partial charge on any atom is -0.486 e. The van der Waals surface area contributed by atoms with E-state index in [0.29, 0.717) is 25.5 Å². The van der Waals surface area contributed by atoms with E-state index < -0.39 is 6.43 Å². The van der Waals surface area contributed by atoms with Gasteiger partial charge in [-0.1, -0.05) is 0 Å². The quantitative estimate of drug-likeness (QED) is 0.837. The Morgan fingerprint density at radius 1 is 1.28 bits per heavy atom. The zero-order valence-corrected chi connectivity index (χ0v) is 10.9. The van der Waals surface area contributed by atoms with Crippen LogP contribution in [0.5, 0.6) is 11.5 Å². The predicted molar refractivity (Wildman–Crippen MR) is 66.9 cm³/mol. The molecule has 1 aromatic rings. The van der Waals surface area contributed by atoms with E-state index in [0.717, 1.165) is 16.2 Å². The molecule has 0 atom stereocenters. The SMILES string of the molecule is CSc1cc2c(cc1CNCC(F)F)OCCO2. The monoisotopic (exact) mass is 275 g/mol. The Morgan fingerprint density at radius 3 is 2.56 bits per heavy atom. The molecule has 0 spiro atoms. The lowest BCUT2D eigenvalue weighted by atomic mass is 10.2. The first kappa shape index (κ1) is 13.4. The fourth-order valence-corrected chi connectivity index (χ4v) is 2.37. The fraction of sp³-hybridized carbons (Fsp3) is 0.500. The van der Waals surface area contributed by atoms with Crippen LogP contribution in [0.4, 0.5) is 8.78 Å². The fourth-order valence-electron chi connectivity index (χ4n) is 1.76. The van der Waals surface area contributed by atoms with E-state index in [1.165, 1.54) is 0 Å². The molecule has 6 heteroatoms. The van der Waals surface area contributed by atoms with Gasteiger partial charge in [-0.2, -0.15) is 0 Å². The van der Waals surface area contributed by atoms with Crippen molar-refractivity contribution in [3.8, 4) is 11.5 Å². The van der Waals surface area contributed by atoms with E-state index in [2.05, 4.69) is 5.32 Å². The largest absolute Gasteiger partial charge is 0.486 e. The lowest BCUT2D eigenvalue weighted by Crippen LogP contribution is -2.21. The number of halogens is 2. The maximum Gasteiger partial charge on any atom is 0.250 e. The molecule has 0 saturated carbocycles. The Labute approximate surface area is 109 Å². The topological polar surface area (TPSA) is 30.5 Å². The van der Waals surface area contributed by atoms with Gasteiger partial charge in [0.1, 0.15) is 13.2 Å². The van der Waals surface area contributed by atoms with Crippen LogP contribution >= 0.6 is 11.8 Å². The molecule has 1 heterocycles. The van der Waals surface area contributed by atoms with Gasteiger partial charge in [-0.15, -0.1) is 11.8 Å². The molecule has 0 radical (unpaired) electrons. The maximum absolute atomic E-state index is 12.1. The molecule has 1 N–H and O–H groups in total. The molecule has 18 heavy (non-hydrogen) atoms. The van der Waals surface area contributed by atoms with Gasteiger partial charge in [0, 0.05) is 11.4 Å². The second-order valence-corrected chi connectivity index (χ2v) is 4.68. The predicted octanol–water partition coefficient (Wildman–Crippen LogP) is 2.53. The van der Waals surface area contributed by atoms with Crippen molar-refractivity contribution in [3.63, 3.8) is 0 Å². The third-order valence-electron chi connectivity index (χ3n) is 2.56. The van der Waals surface area contributed by atoms with E-state index in [1.54, 1.807) is 11.8 Å². The summed E-state index contributed by atoms with van der Waals surface area (Å²) < 4.78 is 35.1. The van der Waals surface area contributed by atoms with Crippen LogP contribution in [0.25, 0.3) is 0 Å². The van der Waals surface area contributed by atoms with E-state index in [9.17, 15) is 8.78 Å². The Balaban J connectivity index is 2.12. The number of hydrogen-bond donors (Lipinski definition) is 1. The second kappa shape index (κ2) is 6.24. The summed E-state index contributed by atoms with van der Waals surface area (Å²) in [6.45, 7) is 1.17. The molecule has 0 bridgehead atoms. The summed E-state index contributed by atoms with van der Waals surface area (Å²) in [4.78, 5) is 1.01. The van der Waals surface area contributed by atoms with Crippen molar-refractivity contribution >= 4 is 11.8 Å². The first-order chi connectivity index (χ1) is 8.70. The highest BCUT2D eigenvalue weighted by Crippen LogP contribution is 2.36.